The molecule has 1 rings (SSSR count). The molecule has 0 bridgehead atoms. The van der Waals surface area contributed by atoms with Crippen molar-refractivity contribution < 1.29 is 23.1 Å². The molecule has 5 heteroatoms. The molecule has 0 radical (unpaired) electrons. The molecule has 0 saturated heterocycles. The van der Waals surface area contributed by atoms with Gasteiger partial charge in [-0.15, -0.1) is 0 Å². The van der Waals surface area contributed by atoms with Crippen LogP contribution in [0.1, 0.15) is 31.1 Å². The Balaban J connectivity index is 3.17. The molecule has 0 amide bonds. The van der Waals surface area contributed by atoms with Gasteiger partial charge in [-0.1, -0.05) is 19.9 Å². The Morgan fingerprint density at radius 2 is 1.74 bits per heavy atom. The average molecular weight is 270 g/mol. The Labute approximate surface area is 110 Å². The van der Waals surface area contributed by atoms with Gasteiger partial charge in [0.05, 0.1) is 12.2 Å². The van der Waals surface area contributed by atoms with Crippen LogP contribution in [-0.2, 0) is 9.53 Å². The van der Waals surface area contributed by atoms with E-state index in [-0.39, 0.29) is 6.61 Å². The van der Waals surface area contributed by atoms with E-state index < -0.39 is 40.8 Å². The highest BCUT2D eigenvalue weighted by atomic mass is 19.1. The van der Waals surface area contributed by atoms with Crippen LogP contribution in [-0.4, -0.2) is 18.4 Å². The SMILES string of the molecule is CCOC(=O)C(C(=O)c1c(F)cccc1F)C(C)C. The molecule has 0 spiro atoms. The molecule has 3 nitrogen and oxygen atoms in total. The fourth-order valence-corrected chi connectivity index (χ4v) is 1.80. The highest BCUT2D eigenvalue weighted by molar-refractivity contribution is 6.09. The number of benzene rings is 1. The number of halogens is 2. The molecule has 0 heterocycles. The van der Waals surface area contributed by atoms with Gasteiger partial charge in [0.1, 0.15) is 17.6 Å². The van der Waals surface area contributed by atoms with Crippen LogP contribution in [0.3, 0.4) is 0 Å². The van der Waals surface area contributed by atoms with Gasteiger partial charge in [0.15, 0.2) is 5.78 Å². The van der Waals surface area contributed by atoms with Crippen LogP contribution in [0.5, 0.6) is 0 Å². The number of rotatable bonds is 5. The second-order valence-electron chi connectivity index (χ2n) is 4.43. The molecule has 1 unspecified atom stereocenters. The number of hydrogen-bond donors (Lipinski definition) is 0. The van der Waals surface area contributed by atoms with Gasteiger partial charge in [-0.2, -0.15) is 0 Å². The fourth-order valence-electron chi connectivity index (χ4n) is 1.80. The highest BCUT2D eigenvalue weighted by Crippen LogP contribution is 2.23. The Morgan fingerprint density at radius 3 is 2.16 bits per heavy atom. The standard InChI is InChI=1S/C14H16F2O3/c1-4-19-14(18)11(8(2)3)13(17)12-9(15)6-5-7-10(12)16/h5-8,11H,4H2,1-3H3. The van der Waals surface area contributed by atoms with Gasteiger partial charge in [-0.25, -0.2) is 8.78 Å². The molecule has 104 valence electrons. The summed E-state index contributed by atoms with van der Waals surface area (Å²) < 4.78 is 31.9. The van der Waals surface area contributed by atoms with Crippen molar-refractivity contribution in [1.29, 1.82) is 0 Å². The van der Waals surface area contributed by atoms with Crippen LogP contribution in [0.25, 0.3) is 0 Å². The summed E-state index contributed by atoms with van der Waals surface area (Å²) in [5.41, 5.74) is -0.686. The van der Waals surface area contributed by atoms with Crippen LogP contribution in [0.2, 0.25) is 0 Å². The molecule has 1 aromatic carbocycles. The summed E-state index contributed by atoms with van der Waals surface area (Å²) in [6.45, 7) is 4.95. The maximum absolute atomic E-state index is 13.6. The van der Waals surface area contributed by atoms with Gasteiger partial charge >= 0.3 is 5.97 Å². The predicted octanol–water partition coefficient (Wildman–Crippen LogP) is 2.98. The molecule has 0 fully saturated rings. The van der Waals surface area contributed by atoms with Crippen LogP contribution in [0.4, 0.5) is 8.78 Å². The predicted molar refractivity (Wildman–Crippen MR) is 65.6 cm³/mol. The van der Waals surface area contributed by atoms with Crippen molar-refractivity contribution in [2.24, 2.45) is 11.8 Å². The van der Waals surface area contributed by atoms with E-state index in [1.165, 1.54) is 0 Å². The van der Waals surface area contributed by atoms with Gasteiger partial charge in [0.2, 0.25) is 0 Å². The highest BCUT2D eigenvalue weighted by Gasteiger charge is 2.34. The first kappa shape index (κ1) is 15.3. The number of hydrogen-bond acceptors (Lipinski definition) is 3. The van der Waals surface area contributed by atoms with E-state index in [1.54, 1.807) is 20.8 Å². The van der Waals surface area contributed by atoms with E-state index in [0.29, 0.717) is 0 Å². The molecule has 1 atom stereocenters. The van der Waals surface area contributed by atoms with Crippen molar-refractivity contribution in [2.75, 3.05) is 6.61 Å². The van der Waals surface area contributed by atoms with E-state index in [2.05, 4.69) is 0 Å². The number of carbonyl (C=O) groups is 2. The minimum Gasteiger partial charge on any atom is -0.465 e. The third-order valence-electron chi connectivity index (χ3n) is 2.70. The first-order chi connectivity index (χ1) is 8.90. The smallest absolute Gasteiger partial charge is 0.317 e. The van der Waals surface area contributed by atoms with Gasteiger partial charge < -0.3 is 4.74 Å². The summed E-state index contributed by atoms with van der Waals surface area (Å²) in [7, 11) is 0. The lowest BCUT2D eigenvalue weighted by molar-refractivity contribution is -0.147. The van der Waals surface area contributed by atoms with Crippen molar-refractivity contribution in [3.63, 3.8) is 0 Å². The Bertz CT molecular complexity index is 463. The Kier molecular flexibility index (Phi) is 5.15. The summed E-state index contributed by atoms with van der Waals surface area (Å²) in [4.78, 5) is 23.9. The van der Waals surface area contributed by atoms with E-state index >= 15 is 0 Å². The monoisotopic (exact) mass is 270 g/mol. The van der Waals surface area contributed by atoms with Gasteiger partial charge in [0.25, 0.3) is 0 Å². The first-order valence-electron chi connectivity index (χ1n) is 6.05. The molecule has 0 saturated carbocycles. The lowest BCUT2D eigenvalue weighted by Crippen LogP contribution is -2.32. The molecule has 19 heavy (non-hydrogen) atoms. The van der Waals surface area contributed by atoms with Crippen LogP contribution in [0.15, 0.2) is 18.2 Å². The summed E-state index contributed by atoms with van der Waals surface area (Å²) >= 11 is 0. The number of ketones is 1. The summed E-state index contributed by atoms with van der Waals surface area (Å²) in [5.74, 6) is -5.20. The molecule has 0 N–H and O–H groups in total. The summed E-state index contributed by atoms with van der Waals surface area (Å²) in [6.07, 6.45) is 0. The molecular weight excluding hydrogens is 254 g/mol. The largest absolute Gasteiger partial charge is 0.465 e. The minimum absolute atomic E-state index is 0.106. The number of esters is 1. The molecule has 0 aliphatic carbocycles. The third kappa shape index (κ3) is 3.36. The average Bonchev–Trinajstić information content (AvgIpc) is 2.28. The Morgan fingerprint density at radius 1 is 1.21 bits per heavy atom. The van der Waals surface area contributed by atoms with Crippen molar-refractivity contribution in [1.82, 2.24) is 0 Å². The van der Waals surface area contributed by atoms with Gasteiger partial charge in [-0.3, -0.25) is 9.59 Å². The van der Waals surface area contributed by atoms with Crippen LogP contribution >= 0.6 is 0 Å². The minimum atomic E-state index is -1.20. The normalized spacial score (nSPS) is 12.3. The topological polar surface area (TPSA) is 43.4 Å². The van der Waals surface area contributed by atoms with Crippen LogP contribution < -0.4 is 0 Å². The fraction of sp³-hybridized carbons (Fsp3) is 0.429. The summed E-state index contributed by atoms with van der Waals surface area (Å²) in [6, 6.07) is 3.13. The van der Waals surface area contributed by atoms with E-state index in [9.17, 15) is 18.4 Å². The van der Waals surface area contributed by atoms with Crippen LogP contribution in [0, 0.1) is 23.5 Å². The quantitative estimate of drug-likeness (QED) is 0.469. The zero-order valence-corrected chi connectivity index (χ0v) is 11.1. The number of Topliss-reactive ketones (excluding diaryl/α,β-unsaturated/α-hetero) is 1. The first-order valence-corrected chi connectivity index (χ1v) is 6.05. The van der Waals surface area contributed by atoms with Crippen molar-refractivity contribution in [3.8, 4) is 0 Å². The Hall–Kier alpha value is -1.78. The third-order valence-corrected chi connectivity index (χ3v) is 2.70. The zero-order valence-electron chi connectivity index (χ0n) is 11.1. The molecular formula is C14H16F2O3. The molecule has 0 aromatic heterocycles. The van der Waals surface area contributed by atoms with Crippen molar-refractivity contribution in [3.05, 3.63) is 35.4 Å². The number of carbonyl (C=O) groups excluding carboxylic acids is 2. The van der Waals surface area contributed by atoms with E-state index in [1.807, 2.05) is 0 Å². The molecule has 0 aliphatic heterocycles. The zero-order chi connectivity index (χ0) is 14.6. The lowest BCUT2D eigenvalue weighted by Gasteiger charge is -2.18. The second kappa shape index (κ2) is 6.41. The van der Waals surface area contributed by atoms with Gasteiger partial charge in [-0.05, 0) is 25.0 Å². The van der Waals surface area contributed by atoms with E-state index in [4.69, 9.17) is 4.74 Å². The number of ether oxygens (including phenoxy) is 1. The summed E-state index contributed by atoms with van der Waals surface area (Å²) in [5, 5.41) is 0. The second-order valence-corrected chi connectivity index (χ2v) is 4.43. The maximum Gasteiger partial charge on any atom is 0.317 e. The van der Waals surface area contributed by atoms with E-state index in [0.717, 1.165) is 18.2 Å². The lowest BCUT2D eigenvalue weighted by atomic mass is 9.87. The maximum atomic E-state index is 13.6. The van der Waals surface area contributed by atoms with Crippen molar-refractivity contribution in [2.45, 2.75) is 20.8 Å². The van der Waals surface area contributed by atoms with Crippen molar-refractivity contribution >= 4 is 11.8 Å². The molecule has 0 aliphatic rings. The molecule has 1 aromatic rings. The van der Waals surface area contributed by atoms with Gasteiger partial charge in [0, 0.05) is 0 Å².